The average molecular weight is 284 g/mol. The van der Waals surface area contributed by atoms with Gasteiger partial charge in [-0.3, -0.25) is 0 Å². The fourth-order valence-electron chi connectivity index (χ4n) is 1.32. The third-order valence-electron chi connectivity index (χ3n) is 1.95. The highest BCUT2D eigenvalue weighted by Crippen LogP contribution is 2.24. The Bertz CT molecular complexity index is 451. The van der Waals surface area contributed by atoms with E-state index in [1.165, 1.54) is 12.1 Å². The van der Waals surface area contributed by atoms with Crippen molar-refractivity contribution in [2.24, 2.45) is 0 Å². The molecule has 0 aromatic heterocycles. The van der Waals surface area contributed by atoms with Crippen LogP contribution in [-0.2, 0) is 10.1 Å². The number of rotatable bonds is 3. The lowest BCUT2D eigenvalue weighted by Gasteiger charge is -2.09. The quantitative estimate of drug-likeness (QED) is 0.683. The molecule has 0 saturated heterocycles. The van der Waals surface area contributed by atoms with E-state index >= 15 is 0 Å². The predicted molar refractivity (Wildman–Crippen MR) is 61.4 cm³/mol. The molecule has 0 heterocycles. The van der Waals surface area contributed by atoms with E-state index in [0.29, 0.717) is 10.9 Å². The molecule has 0 atom stereocenters. The number of aromatic hydroxyl groups is 1. The zero-order valence-electron chi connectivity index (χ0n) is 8.66. The summed E-state index contributed by atoms with van der Waals surface area (Å²) in [5, 5.41) is 18.6. The lowest BCUT2D eigenvalue weighted by molar-refractivity contribution is 0.0525. The first-order chi connectivity index (χ1) is 7.63. The van der Waals surface area contributed by atoms with E-state index in [-0.39, 0.29) is 23.5 Å². The average Bonchev–Trinajstić information content (AvgIpc) is 2.27. The third-order valence-corrected chi connectivity index (χ3v) is 2.55. The van der Waals surface area contributed by atoms with Crippen molar-refractivity contribution in [3.63, 3.8) is 0 Å². The highest BCUT2D eigenvalue weighted by Gasteiger charge is 2.18. The molecular weight excluding hydrogens is 274 g/mol. The van der Waals surface area contributed by atoms with E-state index in [2.05, 4.69) is 15.9 Å². The summed E-state index contributed by atoms with van der Waals surface area (Å²) in [6.45, 7) is 1.93. The number of benzene rings is 1. The summed E-state index contributed by atoms with van der Waals surface area (Å²) in [6.07, 6.45) is 0. The number of alkyl halides is 1. The van der Waals surface area contributed by atoms with Crippen LogP contribution < -0.4 is 0 Å². The van der Waals surface area contributed by atoms with E-state index in [1.54, 1.807) is 6.92 Å². The van der Waals surface area contributed by atoms with Gasteiger partial charge < -0.3 is 9.84 Å². The molecule has 0 unspecified atom stereocenters. The summed E-state index contributed by atoms with van der Waals surface area (Å²) in [7, 11) is 0. The van der Waals surface area contributed by atoms with Crippen LogP contribution in [0.2, 0.25) is 0 Å². The number of phenolic OH excluding ortho intramolecular Hbond substituents is 1. The van der Waals surface area contributed by atoms with Crippen molar-refractivity contribution in [2.75, 3.05) is 6.61 Å². The molecule has 0 fully saturated rings. The van der Waals surface area contributed by atoms with Gasteiger partial charge in [-0.05, 0) is 24.6 Å². The SMILES string of the molecule is CCOC(=O)c1c(C#N)cc(O)cc1CBr. The van der Waals surface area contributed by atoms with Crippen LogP contribution in [0, 0.1) is 11.3 Å². The summed E-state index contributed by atoms with van der Waals surface area (Å²) in [6, 6.07) is 4.55. The molecule has 0 spiro atoms. The normalized spacial score (nSPS) is 9.56. The molecule has 1 aromatic carbocycles. The van der Waals surface area contributed by atoms with Crippen LogP contribution in [0.25, 0.3) is 0 Å². The number of phenols is 1. The number of hydrogen-bond donors (Lipinski definition) is 1. The maximum atomic E-state index is 11.6. The van der Waals surface area contributed by atoms with Crippen molar-refractivity contribution in [3.05, 3.63) is 28.8 Å². The van der Waals surface area contributed by atoms with Crippen molar-refractivity contribution in [1.29, 1.82) is 5.26 Å². The number of carbonyl (C=O) groups is 1. The van der Waals surface area contributed by atoms with Crippen LogP contribution in [0.5, 0.6) is 5.75 Å². The molecule has 0 aliphatic carbocycles. The molecule has 1 rings (SSSR count). The number of hydrogen-bond acceptors (Lipinski definition) is 4. The predicted octanol–water partition coefficient (Wildman–Crippen LogP) is 2.34. The van der Waals surface area contributed by atoms with Gasteiger partial charge in [0.05, 0.1) is 17.7 Å². The zero-order chi connectivity index (χ0) is 12.1. The van der Waals surface area contributed by atoms with Crippen molar-refractivity contribution in [2.45, 2.75) is 12.3 Å². The number of ether oxygens (including phenoxy) is 1. The van der Waals surface area contributed by atoms with Crippen LogP contribution in [0.4, 0.5) is 0 Å². The monoisotopic (exact) mass is 283 g/mol. The van der Waals surface area contributed by atoms with Gasteiger partial charge in [-0.15, -0.1) is 0 Å². The Morgan fingerprint density at radius 2 is 2.31 bits per heavy atom. The lowest BCUT2D eigenvalue weighted by atomic mass is 10.0. The molecule has 0 radical (unpaired) electrons. The third kappa shape index (κ3) is 2.52. The van der Waals surface area contributed by atoms with Crippen LogP contribution in [0.15, 0.2) is 12.1 Å². The minimum Gasteiger partial charge on any atom is -0.508 e. The summed E-state index contributed by atoms with van der Waals surface area (Å²) >= 11 is 3.20. The van der Waals surface area contributed by atoms with Crippen molar-refractivity contribution >= 4 is 21.9 Å². The molecule has 0 amide bonds. The van der Waals surface area contributed by atoms with Gasteiger partial charge >= 0.3 is 5.97 Å². The molecule has 0 aliphatic heterocycles. The summed E-state index contributed by atoms with van der Waals surface area (Å²) in [5.41, 5.74) is 0.863. The second-order valence-electron chi connectivity index (χ2n) is 2.99. The van der Waals surface area contributed by atoms with Crippen LogP contribution in [-0.4, -0.2) is 17.7 Å². The highest BCUT2D eigenvalue weighted by molar-refractivity contribution is 9.08. The maximum Gasteiger partial charge on any atom is 0.339 e. The molecule has 1 aromatic rings. The second-order valence-corrected chi connectivity index (χ2v) is 3.55. The van der Waals surface area contributed by atoms with Crippen LogP contribution >= 0.6 is 15.9 Å². The van der Waals surface area contributed by atoms with Crippen molar-refractivity contribution < 1.29 is 14.6 Å². The van der Waals surface area contributed by atoms with E-state index in [0.717, 1.165) is 0 Å². The Labute approximate surface area is 102 Å². The van der Waals surface area contributed by atoms with Gasteiger partial charge in [0.25, 0.3) is 0 Å². The first-order valence-corrected chi connectivity index (χ1v) is 5.75. The smallest absolute Gasteiger partial charge is 0.339 e. The van der Waals surface area contributed by atoms with Crippen molar-refractivity contribution in [1.82, 2.24) is 0 Å². The zero-order valence-corrected chi connectivity index (χ0v) is 10.2. The van der Waals surface area contributed by atoms with E-state index in [1.807, 2.05) is 6.07 Å². The molecule has 84 valence electrons. The fraction of sp³-hybridized carbons (Fsp3) is 0.273. The molecule has 0 bridgehead atoms. The van der Waals surface area contributed by atoms with E-state index in [4.69, 9.17) is 10.00 Å². The standard InChI is InChI=1S/C11H10BrNO3/c1-2-16-11(15)10-7(5-12)3-9(14)4-8(10)6-13/h3-4,14H,2,5H2,1H3. The topological polar surface area (TPSA) is 70.3 Å². The Morgan fingerprint density at radius 1 is 1.62 bits per heavy atom. The number of nitriles is 1. The minimum atomic E-state index is -0.548. The highest BCUT2D eigenvalue weighted by atomic mass is 79.9. The Hall–Kier alpha value is -1.54. The van der Waals surface area contributed by atoms with E-state index < -0.39 is 5.97 Å². The Kier molecular flexibility index (Phi) is 4.32. The fourth-order valence-corrected chi connectivity index (χ4v) is 1.77. The number of esters is 1. The first-order valence-electron chi connectivity index (χ1n) is 4.63. The largest absolute Gasteiger partial charge is 0.508 e. The lowest BCUT2D eigenvalue weighted by Crippen LogP contribution is -2.10. The molecule has 1 N–H and O–H groups in total. The summed E-state index contributed by atoms with van der Waals surface area (Å²) in [4.78, 5) is 11.6. The minimum absolute atomic E-state index is 0.0425. The van der Waals surface area contributed by atoms with Gasteiger partial charge in [-0.25, -0.2) is 4.79 Å². The molecule has 4 nitrogen and oxygen atoms in total. The summed E-state index contributed by atoms with van der Waals surface area (Å²) < 4.78 is 4.86. The maximum absolute atomic E-state index is 11.6. The molecule has 5 heteroatoms. The van der Waals surface area contributed by atoms with Crippen molar-refractivity contribution in [3.8, 4) is 11.8 Å². The van der Waals surface area contributed by atoms with Gasteiger partial charge in [0.2, 0.25) is 0 Å². The molecule has 0 aliphatic rings. The number of nitrogens with zero attached hydrogens (tertiary/aromatic N) is 1. The summed E-state index contributed by atoms with van der Waals surface area (Å²) in [5.74, 6) is -0.590. The second kappa shape index (κ2) is 5.52. The van der Waals surface area contributed by atoms with E-state index in [9.17, 15) is 9.90 Å². The van der Waals surface area contributed by atoms with Gasteiger partial charge in [0, 0.05) is 5.33 Å². The van der Waals surface area contributed by atoms with Gasteiger partial charge in [0.1, 0.15) is 11.8 Å². The number of halogens is 1. The van der Waals surface area contributed by atoms with Crippen LogP contribution in [0.1, 0.15) is 28.4 Å². The molecular formula is C11H10BrNO3. The van der Waals surface area contributed by atoms with Gasteiger partial charge in [0.15, 0.2) is 0 Å². The Morgan fingerprint density at radius 3 is 2.81 bits per heavy atom. The van der Waals surface area contributed by atoms with Gasteiger partial charge in [-0.2, -0.15) is 5.26 Å². The Balaban J connectivity index is 3.34. The first kappa shape index (κ1) is 12.5. The van der Waals surface area contributed by atoms with Crippen LogP contribution in [0.3, 0.4) is 0 Å². The molecule has 16 heavy (non-hydrogen) atoms. The molecule has 0 saturated carbocycles. The number of carbonyl (C=O) groups excluding carboxylic acids is 1. The van der Waals surface area contributed by atoms with Gasteiger partial charge in [-0.1, -0.05) is 15.9 Å².